The van der Waals surface area contributed by atoms with Crippen molar-refractivity contribution in [1.82, 2.24) is 9.80 Å². The van der Waals surface area contributed by atoms with Crippen LogP contribution in [0.5, 0.6) is 5.75 Å². The Morgan fingerprint density at radius 1 is 0.857 bits per heavy atom. The summed E-state index contributed by atoms with van der Waals surface area (Å²) in [5, 5.41) is 0. The quantitative estimate of drug-likeness (QED) is 0.176. The number of benzene rings is 1. The number of hydrogen-bond donors (Lipinski definition) is 0. The van der Waals surface area contributed by atoms with E-state index < -0.39 is 13.5 Å². The first-order valence-electron chi connectivity index (χ1n) is 17.0. The third kappa shape index (κ3) is 11.7. The van der Waals surface area contributed by atoms with Crippen LogP contribution in [-0.2, 0) is 19.9 Å². The SMILES string of the molecule is C1CCC([PH+](C2CCCCC2)C2CCCCC2)CC1.CC(C)Oc1ccc(CCCN2C=CN(C)C2)cc1[CH]=[Ru]([Cl])[Cl]. The molecule has 42 heavy (non-hydrogen) atoms. The average Bonchev–Trinajstić information content (AvgIpc) is 3.41. The van der Waals surface area contributed by atoms with Gasteiger partial charge < -0.3 is 0 Å². The van der Waals surface area contributed by atoms with E-state index in [1.807, 2.05) is 24.5 Å². The fraction of sp³-hybridized carbons (Fsp3) is 0.743. The molecule has 240 valence electrons. The van der Waals surface area contributed by atoms with Crippen molar-refractivity contribution in [3.05, 3.63) is 41.7 Å². The van der Waals surface area contributed by atoms with E-state index in [4.69, 9.17) is 24.1 Å². The maximum absolute atomic E-state index is 6.06. The zero-order chi connectivity index (χ0) is 29.7. The molecule has 0 aromatic heterocycles. The first kappa shape index (κ1) is 34.7. The number of ether oxygens (including phenoxy) is 1. The fourth-order valence-corrected chi connectivity index (χ4v) is 14.8. The van der Waals surface area contributed by atoms with Gasteiger partial charge in [0.15, 0.2) is 0 Å². The molecule has 0 amide bonds. The molecular formula is C35H58Cl2N2OPRu+. The summed E-state index contributed by atoms with van der Waals surface area (Å²) in [5.41, 5.74) is 6.01. The van der Waals surface area contributed by atoms with E-state index in [1.165, 1.54) is 22.5 Å². The Morgan fingerprint density at radius 2 is 1.40 bits per heavy atom. The van der Waals surface area contributed by atoms with Gasteiger partial charge in [-0.3, -0.25) is 0 Å². The Labute approximate surface area is 272 Å². The Morgan fingerprint density at radius 3 is 1.86 bits per heavy atom. The molecule has 1 aliphatic heterocycles. The molecule has 1 aromatic carbocycles. The van der Waals surface area contributed by atoms with Crippen LogP contribution in [0.25, 0.3) is 0 Å². The molecule has 7 heteroatoms. The summed E-state index contributed by atoms with van der Waals surface area (Å²) in [6, 6.07) is 6.34. The summed E-state index contributed by atoms with van der Waals surface area (Å²) < 4.78 is 7.82. The second-order valence-electron chi connectivity index (χ2n) is 13.5. The van der Waals surface area contributed by atoms with Gasteiger partial charge in [0, 0.05) is 7.92 Å². The van der Waals surface area contributed by atoms with Crippen molar-refractivity contribution < 1.29 is 18.3 Å². The number of aryl methyl sites for hydroxylation is 1. The van der Waals surface area contributed by atoms with E-state index in [0.717, 1.165) is 37.4 Å². The van der Waals surface area contributed by atoms with Crippen molar-refractivity contribution in [3.8, 4) is 5.75 Å². The van der Waals surface area contributed by atoms with Gasteiger partial charge in [0.05, 0.1) is 17.0 Å². The zero-order valence-corrected chi connectivity index (χ0v) is 30.9. The van der Waals surface area contributed by atoms with Crippen molar-refractivity contribution >= 4 is 31.9 Å². The molecule has 0 atom stereocenters. The molecule has 0 spiro atoms. The predicted octanol–water partition coefficient (Wildman–Crippen LogP) is 10.4. The van der Waals surface area contributed by atoms with Crippen molar-refractivity contribution in [2.24, 2.45) is 0 Å². The zero-order valence-electron chi connectivity index (χ0n) is 26.6. The Kier molecular flexibility index (Phi) is 15.5. The van der Waals surface area contributed by atoms with Crippen LogP contribution in [0, 0.1) is 0 Å². The molecule has 0 radical (unpaired) electrons. The molecule has 4 aliphatic rings. The molecule has 5 rings (SSSR count). The van der Waals surface area contributed by atoms with E-state index in [1.54, 1.807) is 96.3 Å². The average molecular weight is 726 g/mol. The molecule has 0 bridgehead atoms. The normalized spacial score (nSPS) is 21.1. The van der Waals surface area contributed by atoms with E-state index in [-0.39, 0.29) is 14.0 Å². The summed E-state index contributed by atoms with van der Waals surface area (Å²) in [4.78, 5) is 4.50. The Balaban J connectivity index is 0.000000196. The van der Waals surface area contributed by atoms with Gasteiger partial charge >= 0.3 is 153 Å². The van der Waals surface area contributed by atoms with Crippen molar-refractivity contribution in [2.75, 3.05) is 20.3 Å². The molecular weight excluding hydrogens is 667 g/mol. The Bertz CT molecular complexity index is 940. The summed E-state index contributed by atoms with van der Waals surface area (Å²) in [5.74, 6) is 0.868. The summed E-state index contributed by atoms with van der Waals surface area (Å²) in [7, 11) is 14.2. The first-order chi connectivity index (χ1) is 20.4. The minimum atomic E-state index is -1.87. The van der Waals surface area contributed by atoms with Crippen LogP contribution in [0.2, 0.25) is 0 Å². The molecule has 3 aliphatic carbocycles. The van der Waals surface area contributed by atoms with E-state index in [2.05, 4.69) is 41.4 Å². The molecule has 3 nitrogen and oxygen atoms in total. The summed E-state index contributed by atoms with van der Waals surface area (Å²) in [6.07, 6.45) is 30.3. The second kappa shape index (κ2) is 18.7. The van der Waals surface area contributed by atoms with Gasteiger partial charge in [0.25, 0.3) is 0 Å². The van der Waals surface area contributed by atoms with Crippen LogP contribution in [0.15, 0.2) is 30.6 Å². The number of halogens is 2. The third-order valence-electron chi connectivity index (χ3n) is 9.70. The summed E-state index contributed by atoms with van der Waals surface area (Å²) >= 11 is -1.87. The van der Waals surface area contributed by atoms with Gasteiger partial charge in [0.1, 0.15) is 0 Å². The third-order valence-corrected chi connectivity index (χ3v) is 16.1. The van der Waals surface area contributed by atoms with Crippen molar-refractivity contribution in [2.45, 2.75) is 146 Å². The first-order valence-corrected chi connectivity index (χ1v) is 24.2. The molecule has 0 saturated heterocycles. The van der Waals surface area contributed by atoms with E-state index in [9.17, 15) is 0 Å². The molecule has 3 saturated carbocycles. The number of rotatable bonds is 10. The van der Waals surface area contributed by atoms with Gasteiger partial charge in [-0.05, 0) is 77.0 Å². The number of nitrogens with zero attached hydrogens (tertiary/aromatic N) is 2. The molecule has 1 aromatic rings. The van der Waals surface area contributed by atoms with Crippen molar-refractivity contribution in [1.29, 1.82) is 0 Å². The van der Waals surface area contributed by atoms with Crippen LogP contribution in [0.1, 0.15) is 128 Å². The van der Waals surface area contributed by atoms with Gasteiger partial charge in [-0.15, -0.1) is 0 Å². The van der Waals surface area contributed by atoms with E-state index >= 15 is 0 Å². The molecule has 0 N–H and O–H groups in total. The maximum atomic E-state index is 6.06. The molecule has 1 heterocycles. The van der Waals surface area contributed by atoms with E-state index in [0.29, 0.717) is 0 Å². The van der Waals surface area contributed by atoms with Gasteiger partial charge in [-0.2, -0.15) is 0 Å². The second-order valence-corrected chi connectivity index (χ2v) is 22.6. The van der Waals surface area contributed by atoms with Gasteiger partial charge in [-0.1, -0.05) is 19.3 Å². The molecule has 3 fully saturated rings. The molecule has 0 unspecified atom stereocenters. The van der Waals surface area contributed by atoms with Gasteiger partial charge in [-0.25, -0.2) is 0 Å². The van der Waals surface area contributed by atoms with Crippen LogP contribution in [-0.4, -0.2) is 57.8 Å². The van der Waals surface area contributed by atoms with Crippen LogP contribution >= 0.6 is 27.3 Å². The van der Waals surface area contributed by atoms with Crippen molar-refractivity contribution in [3.63, 3.8) is 0 Å². The fourth-order valence-electron chi connectivity index (χ4n) is 7.81. The van der Waals surface area contributed by atoms with Crippen LogP contribution in [0.3, 0.4) is 0 Å². The van der Waals surface area contributed by atoms with Crippen LogP contribution < -0.4 is 4.74 Å². The Hall–Kier alpha value is -0.137. The topological polar surface area (TPSA) is 15.7 Å². The monoisotopic (exact) mass is 725 g/mol. The summed E-state index contributed by atoms with van der Waals surface area (Å²) in [6.45, 7) is 6.09. The van der Waals surface area contributed by atoms with Crippen LogP contribution in [0.4, 0.5) is 0 Å². The van der Waals surface area contributed by atoms with Gasteiger partial charge in [0.2, 0.25) is 0 Å². The standard InChI is InChI=1S/C18H33P.C17H24N2O.2ClH.Ru/c1-4-10-16(11-5-1)19(17-12-6-2-7-13-17)18-14-8-3-9-15-18;1-14(2)20-17-8-7-16(12-15(17)3)6-5-9-19-11-10-18(4)13-19;;;/h16-18H,1-15H2;3,7-8,10-12,14H,5-6,9,13H2,1-2,4H3;2*1H;/q;;;;+2/p-1. The minimum absolute atomic E-state index is 0.0465. The number of hydrogen-bond acceptors (Lipinski definition) is 3. The predicted molar refractivity (Wildman–Crippen MR) is 185 cm³/mol.